The maximum Gasteiger partial charge on any atom is 0.331 e. The van der Waals surface area contributed by atoms with Gasteiger partial charge in [-0.3, -0.25) is 24.4 Å². The fourth-order valence-corrected chi connectivity index (χ4v) is 5.29. The average Bonchev–Trinajstić information content (AvgIpc) is 3.91. The summed E-state index contributed by atoms with van der Waals surface area (Å²) in [5, 5.41) is 13.8. The number of nitrogens with one attached hydrogen (secondary N) is 1. The summed E-state index contributed by atoms with van der Waals surface area (Å²) < 4.78 is 31.5. The molecule has 0 aliphatic carbocycles. The first kappa shape index (κ1) is 46.7. The predicted molar refractivity (Wildman–Crippen MR) is 204 cm³/mol. The van der Waals surface area contributed by atoms with E-state index in [4.69, 9.17) is 28.1 Å². The Morgan fingerprint density at radius 2 is 1.70 bits per heavy atom. The van der Waals surface area contributed by atoms with Crippen LogP contribution in [0, 0.1) is 5.41 Å². The fraction of sp³-hybridized carbons (Fsp3) is 0.450. The normalized spacial score (nSPS) is 18.3. The number of likely N-dealkylation sites (N-methyl/N-ethyl adjacent to an activating group) is 1. The topological polar surface area (TPSA) is 196 Å². The number of aromatic nitrogens is 1. The highest BCUT2D eigenvalue weighted by Gasteiger charge is 2.55. The number of esters is 2. The Morgan fingerprint density at radius 3 is 2.30 bits per heavy atom. The van der Waals surface area contributed by atoms with Gasteiger partial charge >= 0.3 is 11.9 Å². The number of hydrogen-bond donors (Lipinski definition) is 2. The number of hydrogen-bond acceptors (Lipinski definition) is 13. The van der Waals surface area contributed by atoms with Crippen molar-refractivity contribution in [3.63, 3.8) is 0 Å². The standard InChI is InChI=1S/C40H54N4O12/c1-9-33(46)56-35(29(2)21-17-14-15-18-22-31-25-41-27-54-31)39(4,5)37(48)42-24-20-16-12-10-11-13-19-23-32(45)44(50)40(26-53-28-55-40)38(49)43(6)34(30(3)51-7)36(47)52-8/h10-21,23,25,27,30,34-35,50H,9,22,24,26,28H2,1-8H3,(H,42,48)/b12-10+,13-11+,17-14-,18-15+,20-16-,23-19+,29-21-. The van der Waals surface area contributed by atoms with Gasteiger partial charge in [0.25, 0.3) is 17.5 Å². The van der Waals surface area contributed by atoms with Crippen LogP contribution in [0.15, 0.2) is 102 Å². The van der Waals surface area contributed by atoms with Crippen LogP contribution in [0.1, 0.15) is 46.8 Å². The second-order valence-corrected chi connectivity index (χ2v) is 13.0. The van der Waals surface area contributed by atoms with E-state index in [1.807, 2.05) is 18.2 Å². The van der Waals surface area contributed by atoms with Crippen molar-refractivity contribution in [1.29, 1.82) is 0 Å². The molecule has 0 bridgehead atoms. The third kappa shape index (κ3) is 13.4. The van der Waals surface area contributed by atoms with Crippen LogP contribution in [0.4, 0.5) is 0 Å². The van der Waals surface area contributed by atoms with Gasteiger partial charge in [-0.15, -0.1) is 0 Å². The van der Waals surface area contributed by atoms with Gasteiger partial charge in [-0.2, -0.15) is 5.06 Å². The third-order valence-electron chi connectivity index (χ3n) is 8.58. The molecule has 2 heterocycles. The van der Waals surface area contributed by atoms with E-state index in [1.54, 1.807) is 83.3 Å². The smallest absolute Gasteiger partial charge is 0.331 e. The molecule has 0 spiro atoms. The van der Waals surface area contributed by atoms with Crippen molar-refractivity contribution in [2.75, 3.05) is 41.2 Å². The molecule has 0 aromatic carbocycles. The van der Waals surface area contributed by atoms with E-state index in [9.17, 15) is 29.2 Å². The monoisotopic (exact) mass is 782 g/mol. The first-order valence-electron chi connectivity index (χ1n) is 17.8. The highest BCUT2D eigenvalue weighted by atomic mass is 16.8. The van der Waals surface area contributed by atoms with E-state index < -0.39 is 59.7 Å². The van der Waals surface area contributed by atoms with E-state index in [0.29, 0.717) is 12.0 Å². The van der Waals surface area contributed by atoms with E-state index in [2.05, 4.69) is 10.3 Å². The number of rotatable bonds is 21. The lowest BCUT2D eigenvalue weighted by Crippen LogP contribution is -2.64. The van der Waals surface area contributed by atoms with Crippen LogP contribution < -0.4 is 5.32 Å². The highest BCUT2D eigenvalue weighted by molar-refractivity contribution is 5.95. The zero-order valence-corrected chi connectivity index (χ0v) is 33.2. The summed E-state index contributed by atoms with van der Waals surface area (Å²) in [5.74, 6) is -2.67. The molecule has 306 valence electrons. The van der Waals surface area contributed by atoms with Crippen LogP contribution in [0.3, 0.4) is 0 Å². The van der Waals surface area contributed by atoms with Gasteiger partial charge in [-0.25, -0.2) is 9.78 Å². The second kappa shape index (κ2) is 23.5. The van der Waals surface area contributed by atoms with E-state index in [1.165, 1.54) is 32.7 Å². The number of carbonyl (C=O) groups is 5. The van der Waals surface area contributed by atoms with Crippen molar-refractivity contribution in [2.45, 2.75) is 71.4 Å². The molecule has 1 aliphatic rings. The molecule has 4 atom stereocenters. The maximum absolute atomic E-state index is 13.5. The maximum atomic E-state index is 13.5. The molecule has 2 N–H and O–H groups in total. The van der Waals surface area contributed by atoms with Crippen LogP contribution in [-0.4, -0.2) is 115 Å². The van der Waals surface area contributed by atoms with Gasteiger partial charge in [-0.1, -0.05) is 79.8 Å². The number of methoxy groups -OCH3 is 2. The van der Waals surface area contributed by atoms with Gasteiger partial charge in [0.05, 0.1) is 24.8 Å². The number of nitrogens with zero attached hydrogens (tertiary/aromatic N) is 3. The first-order valence-corrected chi connectivity index (χ1v) is 17.8. The summed E-state index contributed by atoms with van der Waals surface area (Å²) in [7, 11) is 3.81. The summed E-state index contributed by atoms with van der Waals surface area (Å²) in [5.41, 5.74) is -2.64. The lowest BCUT2D eigenvalue weighted by atomic mass is 9.81. The van der Waals surface area contributed by atoms with E-state index >= 15 is 0 Å². The zero-order valence-electron chi connectivity index (χ0n) is 33.2. The number of amides is 3. The molecule has 16 heteroatoms. The van der Waals surface area contributed by atoms with Gasteiger partial charge in [0.1, 0.15) is 18.5 Å². The van der Waals surface area contributed by atoms with Crippen molar-refractivity contribution in [2.24, 2.45) is 5.41 Å². The molecule has 16 nitrogen and oxygen atoms in total. The Morgan fingerprint density at radius 1 is 1.04 bits per heavy atom. The predicted octanol–water partition coefficient (Wildman–Crippen LogP) is 3.92. The summed E-state index contributed by atoms with van der Waals surface area (Å²) in [6.07, 6.45) is 23.7. The SMILES string of the molecule is CCC(=O)OC(\C(C)=C/C=C\C=C\Cc1cnco1)C(C)(C)C(=O)NC\C=C/C=C/C=C/C=C/C(=O)N(O)C1(C(=O)N(C)C(C(=O)OC)C(C)OC)COCO1. The molecule has 1 aliphatic heterocycles. The molecule has 1 saturated heterocycles. The molecule has 2 rings (SSSR count). The van der Waals surface area contributed by atoms with Crippen LogP contribution >= 0.6 is 0 Å². The van der Waals surface area contributed by atoms with Gasteiger partial charge in [0.2, 0.25) is 5.91 Å². The molecule has 4 unspecified atom stereocenters. The second-order valence-electron chi connectivity index (χ2n) is 13.0. The highest BCUT2D eigenvalue weighted by Crippen LogP contribution is 2.30. The van der Waals surface area contributed by atoms with Crippen molar-refractivity contribution < 1.29 is 57.3 Å². The lowest BCUT2D eigenvalue weighted by Gasteiger charge is -2.38. The number of hydroxylamine groups is 2. The van der Waals surface area contributed by atoms with Crippen LogP contribution in [0.25, 0.3) is 0 Å². The Bertz CT molecular complexity index is 1670. The quantitative estimate of drug-likeness (QED) is 0.0599. The van der Waals surface area contributed by atoms with E-state index in [0.717, 1.165) is 23.8 Å². The molecule has 1 aromatic heterocycles. The van der Waals surface area contributed by atoms with Gasteiger partial charge in [0, 0.05) is 39.6 Å². The molecular formula is C40H54N4O12. The van der Waals surface area contributed by atoms with Gasteiger partial charge in [0.15, 0.2) is 19.2 Å². The fourth-order valence-electron chi connectivity index (χ4n) is 5.29. The molecule has 1 fully saturated rings. The summed E-state index contributed by atoms with van der Waals surface area (Å²) >= 11 is 0. The number of oxazole rings is 1. The Kier molecular flexibility index (Phi) is 19.6. The number of carbonyl (C=O) groups excluding carboxylic acids is 5. The van der Waals surface area contributed by atoms with Gasteiger partial charge < -0.3 is 38.3 Å². The summed E-state index contributed by atoms with van der Waals surface area (Å²) in [6.45, 7) is 7.81. The van der Waals surface area contributed by atoms with Gasteiger partial charge in [-0.05, 0) is 33.3 Å². The lowest BCUT2D eigenvalue weighted by molar-refractivity contribution is -0.246. The van der Waals surface area contributed by atoms with Crippen molar-refractivity contribution in [1.82, 2.24) is 20.3 Å². The molecule has 0 radical (unpaired) electrons. The Hall–Kier alpha value is -5.42. The van der Waals surface area contributed by atoms with Crippen molar-refractivity contribution in [3.05, 3.63) is 103 Å². The minimum atomic E-state index is -2.25. The molecule has 1 aromatic rings. The first-order chi connectivity index (χ1) is 26.7. The van der Waals surface area contributed by atoms with Crippen molar-refractivity contribution in [3.8, 4) is 0 Å². The minimum Gasteiger partial charge on any atom is -0.467 e. The Labute approximate surface area is 327 Å². The number of ether oxygens (including phenoxy) is 5. The molecule has 3 amide bonds. The third-order valence-corrected chi connectivity index (χ3v) is 8.58. The van der Waals surface area contributed by atoms with Crippen LogP contribution in [-0.2, 0) is 54.1 Å². The zero-order chi connectivity index (χ0) is 41.7. The number of allylic oxidation sites excluding steroid dienone is 11. The summed E-state index contributed by atoms with van der Waals surface area (Å²) in [4.78, 5) is 69.1. The molecular weight excluding hydrogens is 728 g/mol. The van der Waals surface area contributed by atoms with E-state index in [-0.39, 0.29) is 30.7 Å². The molecule has 0 saturated carbocycles. The van der Waals surface area contributed by atoms with Crippen LogP contribution in [0.5, 0.6) is 0 Å². The largest absolute Gasteiger partial charge is 0.467 e. The van der Waals surface area contributed by atoms with Crippen molar-refractivity contribution >= 4 is 29.7 Å². The Balaban J connectivity index is 1.96. The van der Waals surface area contributed by atoms with Crippen LogP contribution in [0.2, 0.25) is 0 Å². The summed E-state index contributed by atoms with van der Waals surface area (Å²) in [6, 6.07) is -1.20. The minimum absolute atomic E-state index is 0.121. The molecule has 56 heavy (non-hydrogen) atoms. The average molecular weight is 783 g/mol.